The number of hydrogen-bond donors (Lipinski definition) is 1. The van der Waals surface area contributed by atoms with Crippen LogP contribution >= 0.6 is 0 Å². The van der Waals surface area contributed by atoms with Crippen molar-refractivity contribution in [3.8, 4) is 0 Å². The Morgan fingerprint density at radius 2 is 1.79 bits per heavy atom. The maximum Gasteiger partial charge on any atom is 0.226 e. The van der Waals surface area contributed by atoms with Crippen molar-refractivity contribution in [2.24, 2.45) is 28.1 Å². The van der Waals surface area contributed by atoms with E-state index in [1.165, 1.54) is 64.2 Å². The summed E-state index contributed by atoms with van der Waals surface area (Å²) in [5.74, 6) is 2.38. The molecule has 1 aromatic heterocycles. The van der Waals surface area contributed by atoms with E-state index in [0.29, 0.717) is 54.9 Å². The number of nitrogens with zero attached hydrogens (tertiary/aromatic N) is 3. The van der Waals surface area contributed by atoms with E-state index in [9.17, 15) is 9.59 Å². The van der Waals surface area contributed by atoms with Crippen LogP contribution < -0.4 is 5.32 Å². The molecule has 1 aliphatic heterocycles. The Balaban J connectivity index is 1.12. The van der Waals surface area contributed by atoms with Gasteiger partial charge in [-0.3, -0.25) is 9.59 Å². The number of fused-ring (bicyclic) bond motifs is 1. The van der Waals surface area contributed by atoms with E-state index >= 15 is 0 Å². The summed E-state index contributed by atoms with van der Waals surface area (Å²) < 4.78 is 0. The second kappa shape index (κ2) is 8.03. The van der Waals surface area contributed by atoms with Gasteiger partial charge in [-0.15, -0.1) is 0 Å². The normalized spacial score (nSPS) is 36.5. The van der Waals surface area contributed by atoms with Crippen molar-refractivity contribution in [3.05, 3.63) is 17.6 Å². The van der Waals surface area contributed by atoms with E-state index in [1.807, 2.05) is 4.90 Å². The first-order valence-electron chi connectivity index (χ1n) is 13.6. The van der Waals surface area contributed by atoms with Crippen molar-refractivity contribution in [3.63, 3.8) is 0 Å². The second-order valence-corrected chi connectivity index (χ2v) is 13.4. The fourth-order valence-corrected chi connectivity index (χ4v) is 9.66. The van der Waals surface area contributed by atoms with Crippen LogP contribution in [0.4, 0.5) is 5.82 Å². The van der Waals surface area contributed by atoms with Gasteiger partial charge in [0, 0.05) is 24.9 Å². The smallest absolute Gasteiger partial charge is 0.226 e. The summed E-state index contributed by atoms with van der Waals surface area (Å²) in [5, 5.41) is 3.18. The molecular weight excluding hydrogens is 424 g/mol. The third-order valence-corrected chi connectivity index (χ3v) is 9.83. The average Bonchev–Trinajstić information content (AvgIpc) is 3.23. The van der Waals surface area contributed by atoms with Crippen molar-refractivity contribution < 1.29 is 9.59 Å². The van der Waals surface area contributed by atoms with Gasteiger partial charge in [-0.1, -0.05) is 26.7 Å². The SMILES string of the molecule is CC12CC3CC(C)(C1)CC(CC(=O)Nc1ncnc4c1CCN(C(=O)CC1CCCC1)C4)(C3)C2. The summed E-state index contributed by atoms with van der Waals surface area (Å²) in [4.78, 5) is 37.1. The van der Waals surface area contributed by atoms with Gasteiger partial charge in [0.15, 0.2) is 0 Å². The van der Waals surface area contributed by atoms with Crippen LogP contribution in [-0.2, 0) is 22.6 Å². The zero-order valence-electron chi connectivity index (χ0n) is 21.0. The van der Waals surface area contributed by atoms with Crippen molar-refractivity contribution in [2.45, 2.75) is 104 Å². The highest BCUT2D eigenvalue weighted by atomic mass is 16.2. The Labute approximate surface area is 203 Å². The lowest BCUT2D eigenvalue weighted by molar-refractivity contribution is -0.153. The minimum Gasteiger partial charge on any atom is -0.336 e. The molecule has 5 saturated carbocycles. The molecule has 1 aromatic rings. The zero-order valence-corrected chi connectivity index (χ0v) is 21.0. The Bertz CT molecular complexity index is 982. The largest absolute Gasteiger partial charge is 0.336 e. The summed E-state index contributed by atoms with van der Waals surface area (Å²) in [6.45, 7) is 6.15. The molecule has 2 unspecified atom stereocenters. The van der Waals surface area contributed by atoms with E-state index in [1.54, 1.807) is 6.33 Å². The van der Waals surface area contributed by atoms with Crippen LogP contribution in [0.1, 0.15) is 102 Å². The van der Waals surface area contributed by atoms with Gasteiger partial charge in [-0.05, 0) is 85.9 Å². The van der Waals surface area contributed by atoms with Gasteiger partial charge in [-0.25, -0.2) is 9.97 Å². The van der Waals surface area contributed by atoms with Gasteiger partial charge < -0.3 is 10.2 Å². The van der Waals surface area contributed by atoms with Crippen LogP contribution in [0.3, 0.4) is 0 Å². The molecule has 184 valence electrons. The molecule has 6 nitrogen and oxygen atoms in total. The zero-order chi connectivity index (χ0) is 23.6. The fraction of sp³-hybridized carbons (Fsp3) is 0.786. The molecule has 0 saturated heterocycles. The molecule has 5 fully saturated rings. The van der Waals surface area contributed by atoms with Gasteiger partial charge >= 0.3 is 0 Å². The molecular formula is C28H40N4O2. The lowest BCUT2D eigenvalue weighted by Gasteiger charge is -2.65. The van der Waals surface area contributed by atoms with Crippen LogP contribution in [0.5, 0.6) is 0 Å². The number of aromatic nitrogens is 2. The number of carbonyl (C=O) groups is 2. The number of rotatable bonds is 5. The van der Waals surface area contributed by atoms with Crippen molar-refractivity contribution in [1.82, 2.24) is 14.9 Å². The average molecular weight is 465 g/mol. The van der Waals surface area contributed by atoms with Crippen molar-refractivity contribution in [2.75, 3.05) is 11.9 Å². The van der Waals surface area contributed by atoms with E-state index in [4.69, 9.17) is 0 Å². The highest BCUT2D eigenvalue weighted by Gasteiger charge is 2.60. The van der Waals surface area contributed by atoms with Gasteiger partial charge in [0.05, 0.1) is 12.2 Å². The Kier molecular flexibility index (Phi) is 5.31. The highest BCUT2D eigenvalue weighted by Crippen LogP contribution is 2.70. The fourth-order valence-electron chi connectivity index (χ4n) is 9.66. The van der Waals surface area contributed by atoms with E-state index in [-0.39, 0.29) is 17.2 Å². The maximum absolute atomic E-state index is 13.3. The standard InChI is InChI=1S/C28H40N4O2/c1-26-10-20-11-27(2,15-26)17-28(12-20,16-26)13-23(33)31-25-21-7-8-32(14-22(21)29-18-30-25)24(34)9-19-5-3-4-6-19/h18-20H,3-17H2,1-2H3,(H,29,30,31,33). The first-order chi connectivity index (χ1) is 16.2. The lowest BCUT2D eigenvalue weighted by Crippen LogP contribution is -2.55. The van der Waals surface area contributed by atoms with Crippen LogP contribution in [0, 0.1) is 28.1 Å². The minimum atomic E-state index is 0.106. The molecule has 2 heterocycles. The number of carbonyl (C=O) groups excluding carboxylic acids is 2. The van der Waals surface area contributed by atoms with E-state index < -0.39 is 0 Å². The molecule has 2 atom stereocenters. The third-order valence-electron chi connectivity index (χ3n) is 9.83. The Morgan fingerprint density at radius 1 is 1.06 bits per heavy atom. The predicted octanol–water partition coefficient (Wildman–Crippen LogP) is 5.27. The molecule has 2 amide bonds. The molecule has 0 spiro atoms. The summed E-state index contributed by atoms with van der Waals surface area (Å²) in [6.07, 6.45) is 16.1. The van der Waals surface area contributed by atoms with Gasteiger partial charge in [0.2, 0.25) is 11.8 Å². The molecule has 0 aromatic carbocycles. The molecule has 5 aliphatic carbocycles. The first kappa shape index (κ1) is 22.5. The molecule has 0 radical (unpaired) electrons. The van der Waals surface area contributed by atoms with Gasteiger partial charge in [0.1, 0.15) is 12.1 Å². The molecule has 6 aliphatic rings. The number of anilines is 1. The summed E-state index contributed by atoms with van der Waals surface area (Å²) in [7, 11) is 0. The quantitative estimate of drug-likeness (QED) is 0.644. The monoisotopic (exact) mass is 464 g/mol. The summed E-state index contributed by atoms with van der Waals surface area (Å²) in [5.41, 5.74) is 2.90. The van der Waals surface area contributed by atoms with Crippen LogP contribution in [-0.4, -0.2) is 33.2 Å². The third kappa shape index (κ3) is 4.15. The van der Waals surface area contributed by atoms with Crippen molar-refractivity contribution >= 4 is 17.6 Å². The van der Waals surface area contributed by atoms with Crippen molar-refractivity contribution in [1.29, 1.82) is 0 Å². The molecule has 4 bridgehead atoms. The maximum atomic E-state index is 13.3. The van der Waals surface area contributed by atoms with Gasteiger partial charge in [-0.2, -0.15) is 0 Å². The number of hydrogen-bond acceptors (Lipinski definition) is 4. The second-order valence-electron chi connectivity index (χ2n) is 13.4. The van der Waals surface area contributed by atoms with E-state index in [0.717, 1.165) is 17.2 Å². The Hall–Kier alpha value is -1.98. The van der Waals surface area contributed by atoms with Gasteiger partial charge in [0.25, 0.3) is 0 Å². The van der Waals surface area contributed by atoms with E-state index in [2.05, 4.69) is 29.1 Å². The Morgan fingerprint density at radius 3 is 2.50 bits per heavy atom. The minimum absolute atomic E-state index is 0.106. The number of amides is 2. The van der Waals surface area contributed by atoms with Crippen LogP contribution in [0.25, 0.3) is 0 Å². The lowest BCUT2D eigenvalue weighted by atomic mass is 9.40. The summed E-state index contributed by atoms with van der Waals surface area (Å²) in [6, 6.07) is 0. The molecule has 34 heavy (non-hydrogen) atoms. The highest BCUT2D eigenvalue weighted by molar-refractivity contribution is 5.91. The number of nitrogens with one attached hydrogen (secondary N) is 1. The summed E-state index contributed by atoms with van der Waals surface area (Å²) >= 11 is 0. The molecule has 1 N–H and O–H groups in total. The van der Waals surface area contributed by atoms with Crippen LogP contribution in [0.2, 0.25) is 0 Å². The predicted molar refractivity (Wildman–Crippen MR) is 131 cm³/mol. The topological polar surface area (TPSA) is 75.2 Å². The van der Waals surface area contributed by atoms with Crippen LogP contribution in [0.15, 0.2) is 6.33 Å². The molecule has 6 heteroatoms. The molecule has 7 rings (SSSR count). The first-order valence-corrected chi connectivity index (χ1v) is 13.6.